The molecule has 3 rings (SSSR count). The predicted octanol–water partition coefficient (Wildman–Crippen LogP) is 3.92. The summed E-state index contributed by atoms with van der Waals surface area (Å²) in [6, 6.07) is 12.1. The fourth-order valence-electron chi connectivity index (χ4n) is 3.77. The van der Waals surface area contributed by atoms with Crippen LogP contribution in [0.3, 0.4) is 0 Å². The van der Waals surface area contributed by atoms with Crippen LogP contribution < -0.4 is 0 Å². The number of nitrogens with zero attached hydrogens (tertiary/aromatic N) is 1. The Labute approximate surface area is 116 Å². The van der Waals surface area contributed by atoms with Crippen molar-refractivity contribution < 1.29 is 0 Å². The molecule has 98 valence electrons. The van der Waals surface area contributed by atoms with Gasteiger partial charge in [-0.15, -0.1) is 0 Å². The second kappa shape index (κ2) is 5.26. The lowest BCUT2D eigenvalue weighted by molar-refractivity contribution is 0.109. The standard InChI is InChI=1S/C16H23NS/c1-12(16(18)14-5-3-2-4-6-14)17-10-9-13-7-8-15(17)11-13/h2-6,12-13,15-16,18H,7-11H2,1H3/t12-,13?,15?,16-/m0/s1. The number of piperidine rings is 1. The number of fused-ring (bicyclic) bond motifs is 2. The predicted molar refractivity (Wildman–Crippen MR) is 80.1 cm³/mol. The van der Waals surface area contributed by atoms with Gasteiger partial charge in [0.1, 0.15) is 0 Å². The molecule has 0 amide bonds. The molecule has 1 aromatic rings. The van der Waals surface area contributed by atoms with Crippen molar-refractivity contribution in [3.05, 3.63) is 35.9 Å². The summed E-state index contributed by atoms with van der Waals surface area (Å²) < 4.78 is 0. The van der Waals surface area contributed by atoms with Crippen LogP contribution in [0.4, 0.5) is 0 Å². The quantitative estimate of drug-likeness (QED) is 0.807. The second-order valence-electron chi connectivity index (χ2n) is 5.96. The Bertz CT molecular complexity index is 391. The topological polar surface area (TPSA) is 3.24 Å². The summed E-state index contributed by atoms with van der Waals surface area (Å²) >= 11 is 4.88. The number of rotatable bonds is 3. The van der Waals surface area contributed by atoms with Gasteiger partial charge in [-0.1, -0.05) is 30.3 Å². The van der Waals surface area contributed by atoms with Gasteiger partial charge in [-0.05, 0) is 50.6 Å². The van der Waals surface area contributed by atoms with Crippen molar-refractivity contribution in [2.75, 3.05) is 6.54 Å². The van der Waals surface area contributed by atoms with E-state index in [9.17, 15) is 0 Å². The lowest BCUT2D eigenvalue weighted by atomic mass is 9.96. The molecule has 2 heteroatoms. The molecule has 1 aliphatic carbocycles. The highest BCUT2D eigenvalue weighted by atomic mass is 32.1. The van der Waals surface area contributed by atoms with Gasteiger partial charge >= 0.3 is 0 Å². The average molecular weight is 261 g/mol. The second-order valence-corrected chi connectivity index (χ2v) is 6.51. The maximum absolute atomic E-state index is 4.88. The minimum atomic E-state index is 0.336. The third-order valence-electron chi connectivity index (χ3n) is 4.90. The van der Waals surface area contributed by atoms with Crippen LogP contribution in [0.25, 0.3) is 0 Å². The molecule has 2 unspecified atom stereocenters. The Morgan fingerprint density at radius 2 is 1.94 bits per heavy atom. The first-order chi connectivity index (χ1) is 8.75. The number of thiol groups is 1. The first-order valence-electron chi connectivity index (χ1n) is 7.24. The van der Waals surface area contributed by atoms with Crippen LogP contribution in [-0.2, 0) is 0 Å². The highest BCUT2D eigenvalue weighted by molar-refractivity contribution is 7.80. The Morgan fingerprint density at radius 3 is 2.72 bits per heavy atom. The first kappa shape index (κ1) is 12.6. The van der Waals surface area contributed by atoms with Gasteiger partial charge in [0.05, 0.1) is 0 Å². The smallest absolute Gasteiger partial charge is 0.0420 e. The van der Waals surface area contributed by atoms with Gasteiger partial charge < -0.3 is 0 Å². The zero-order valence-corrected chi connectivity index (χ0v) is 12.0. The molecule has 18 heavy (non-hydrogen) atoms. The molecule has 1 nitrogen and oxygen atoms in total. The third-order valence-corrected chi connectivity index (χ3v) is 5.63. The van der Waals surface area contributed by atoms with Crippen molar-refractivity contribution in [3.8, 4) is 0 Å². The Balaban J connectivity index is 1.72. The Hall–Kier alpha value is -0.470. The van der Waals surface area contributed by atoms with Gasteiger partial charge in [-0.3, -0.25) is 4.90 Å². The van der Waals surface area contributed by atoms with Crippen molar-refractivity contribution in [1.82, 2.24) is 4.90 Å². The lowest BCUT2D eigenvalue weighted by Gasteiger charge is -2.40. The van der Waals surface area contributed by atoms with E-state index in [4.69, 9.17) is 12.6 Å². The van der Waals surface area contributed by atoms with Gasteiger partial charge in [0.2, 0.25) is 0 Å². The molecular formula is C16H23NS. The maximum Gasteiger partial charge on any atom is 0.0420 e. The van der Waals surface area contributed by atoms with E-state index in [1.54, 1.807) is 0 Å². The summed E-state index contributed by atoms with van der Waals surface area (Å²) in [6.45, 7) is 3.63. The molecule has 1 saturated carbocycles. The molecule has 0 aromatic heterocycles. The molecule has 2 fully saturated rings. The van der Waals surface area contributed by atoms with Crippen molar-refractivity contribution >= 4 is 12.6 Å². The molecule has 1 aliphatic heterocycles. The fourth-order valence-corrected chi connectivity index (χ4v) is 4.12. The summed E-state index contributed by atoms with van der Waals surface area (Å²) in [5, 5.41) is 0.336. The number of likely N-dealkylation sites (tertiary alicyclic amines) is 1. The van der Waals surface area contributed by atoms with Gasteiger partial charge in [0, 0.05) is 17.3 Å². The molecule has 2 aliphatic rings. The van der Waals surface area contributed by atoms with Crippen LogP contribution in [0.1, 0.15) is 43.4 Å². The minimum absolute atomic E-state index is 0.336. The van der Waals surface area contributed by atoms with Crippen molar-refractivity contribution in [2.45, 2.75) is 49.9 Å². The molecule has 0 radical (unpaired) electrons. The van der Waals surface area contributed by atoms with Crippen LogP contribution in [0.15, 0.2) is 30.3 Å². The van der Waals surface area contributed by atoms with Crippen LogP contribution in [0, 0.1) is 5.92 Å². The molecule has 1 heterocycles. The van der Waals surface area contributed by atoms with E-state index in [2.05, 4.69) is 42.2 Å². The zero-order valence-electron chi connectivity index (χ0n) is 11.1. The highest BCUT2D eigenvalue weighted by Crippen LogP contribution is 2.40. The van der Waals surface area contributed by atoms with Crippen LogP contribution in [0.2, 0.25) is 0 Å². The van der Waals surface area contributed by atoms with E-state index < -0.39 is 0 Å². The van der Waals surface area contributed by atoms with Crippen LogP contribution in [-0.4, -0.2) is 23.5 Å². The largest absolute Gasteiger partial charge is 0.296 e. The van der Waals surface area contributed by atoms with Gasteiger partial charge in [-0.25, -0.2) is 0 Å². The van der Waals surface area contributed by atoms with E-state index in [1.165, 1.54) is 37.8 Å². The monoisotopic (exact) mass is 261 g/mol. The van der Waals surface area contributed by atoms with E-state index >= 15 is 0 Å². The van der Waals surface area contributed by atoms with Crippen LogP contribution in [0.5, 0.6) is 0 Å². The van der Waals surface area contributed by atoms with Crippen LogP contribution >= 0.6 is 12.6 Å². The molecule has 2 bridgehead atoms. The Morgan fingerprint density at radius 1 is 1.17 bits per heavy atom. The molecule has 1 saturated heterocycles. The summed E-state index contributed by atoms with van der Waals surface area (Å²) in [5.74, 6) is 1.02. The van der Waals surface area contributed by atoms with E-state index in [-0.39, 0.29) is 0 Å². The lowest BCUT2D eigenvalue weighted by Crippen LogP contribution is -2.45. The first-order valence-corrected chi connectivity index (χ1v) is 7.76. The van der Waals surface area contributed by atoms with Gasteiger partial charge in [0.25, 0.3) is 0 Å². The Kier molecular flexibility index (Phi) is 3.67. The van der Waals surface area contributed by atoms with E-state index in [0.29, 0.717) is 11.3 Å². The van der Waals surface area contributed by atoms with Crippen molar-refractivity contribution in [1.29, 1.82) is 0 Å². The van der Waals surface area contributed by atoms with E-state index in [0.717, 1.165) is 12.0 Å². The zero-order chi connectivity index (χ0) is 12.5. The molecule has 0 N–H and O–H groups in total. The third kappa shape index (κ3) is 2.33. The minimum Gasteiger partial charge on any atom is -0.296 e. The highest BCUT2D eigenvalue weighted by Gasteiger charge is 2.37. The summed E-state index contributed by atoms with van der Waals surface area (Å²) in [5.41, 5.74) is 1.36. The average Bonchev–Trinajstić information content (AvgIpc) is 2.80. The van der Waals surface area contributed by atoms with Gasteiger partial charge in [-0.2, -0.15) is 12.6 Å². The summed E-state index contributed by atoms with van der Waals surface area (Å²) in [7, 11) is 0. The maximum atomic E-state index is 4.88. The fraction of sp³-hybridized carbons (Fsp3) is 0.625. The molecular weight excluding hydrogens is 238 g/mol. The van der Waals surface area contributed by atoms with Gasteiger partial charge in [0.15, 0.2) is 0 Å². The SMILES string of the molecule is C[C@@H]([C@H](S)c1ccccc1)N1CCC2CCC1C2. The summed E-state index contributed by atoms with van der Waals surface area (Å²) in [4.78, 5) is 2.72. The van der Waals surface area contributed by atoms with Crippen molar-refractivity contribution in [3.63, 3.8) is 0 Å². The molecule has 4 atom stereocenters. The molecule has 1 aromatic carbocycles. The summed E-state index contributed by atoms with van der Waals surface area (Å²) in [6.07, 6.45) is 5.69. The number of hydrogen-bond acceptors (Lipinski definition) is 2. The van der Waals surface area contributed by atoms with Crippen molar-refractivity contribution in [2.24, 2.45) is 5.92 Å². The normalized spacial score (nSPS) is 31.2. The molecule has 0 spiro atoms. The van der Waals surface area contributed by atoms with E-state index in [1.807, 2.05) is 0 Å². The number of hydrogen-bond donors (Lipinski definition) is 1. The number of benzene rings is 1.